The summed E-state index contributed by atoms with van der Waals surface area (Å²) >= 11 is 0. The van der Waals surface area contributed by atoms with Gasteiger partial charge in [-0.25, -0.2) is 0 Å². The monoisotopic (exact) mass is 292 g/mol. The lowest BCUT2D eigenvalue weighted by Gasteiger charge is -2.09. The Hall–Kier alpha value is -2.88. The van der Waals surface area contributed by atoms with Gasteiger partial charge in [-0.05, 0) is 30.2 Å². The molecule has 0 aliphatic heterocycles. The fraction of sp³-hybridized carbons (Fsp3) is 0.111. The number of rotatable bonds is 3. The Bertz CT molecular complexity index is 897. The zero-order valence-corrected chi connectivity index (χ0v) is 12.2. The molecule has 0 unspecified atom stereocenters. The van der Waals surface area contributed by atoms with Gasteiger partial charge in [0.2, 0.25) is 5.43 Å². The summed E-state index contributed by atoms with van der Waals surface area (Å²) in [6.07, 6.45) is 2.28. The average molecular weight is 292 g/mol. The van der Waals surface area contributed by atoms with Crippen LogP contribution in [0, 0.1) is 0 Å². The fourth-order valence-corrected chi connectivity index (χ4v) is 2.48. The summed E-state index contributed by atoms with van der Waals surface area (Å²) in [4.78, 5) is 27.8. The van der Waals surface area contributed by atoms with E-state index < -0.39 is 5.91 Å². The van der Waals surface area contributed by atoms with Gasteiger partial charge < -0.3 is 10.3 Å². The number of aromatic nitrogens is 1. The zero-order chi connectivity index (χ0) is 15.5. The van der Waals surface area contributed by atoms with Crippen molar-refractivity contribution in [2.75, 3.05) is 5.32 Å². The van der Waals surface area contributed by atoms with E-state index in [9.17, 15) is 9.59 Å². The summed E-state index contributed by atoms with van der Waals surface area (Å²) in [5, 5.41) is 3.34. The Morgan fingerprint density at radius 2 is 1.82 bits per heavy atom. The predicted octanol–water partition coefficient (Wildman–Crippen LogP) is 3.34. The first-order valence-corrected chi connectivity index (χ1v) is 7.20. The van der Waals surface area contributed by atoms with Gasteiger partial charge in [-0.1, -0.05) is 37.3 Å². The highest BCUT2D eigenvalue weighted by Gasteiger charge is 2.14. The fourth-order valence-electron chi connectivity index (χ4n) is 2.48. The van der Waals surface area contributed by atoms with Gasteiger partial charge in [-0.2, -0.15) is 0 Å². The summed E-state index contributed by atoms with van der Waals surface area (Å²) < 4.78 is 0. The summed E-state index contributed by atoms with van der Waals surface area (Å²) in [6, 6.07) is 14.7. The molecule has 0 atom stereocenters. The van der Waals surface area contributed by atoms with Gasteiger partial charge in [-0.3, -0.25) is 9.59 Å². The molecule has 1 heterocycles. The summed E-state index contributed by atoms with van der Waals surface area (Å²) in [6.45, 7) is 2.02. The van der Waals surface area contributed by atoms with E-state index in [1.807, 2.05) is 43.3 Å². The number of hydrogen-bond donors (Lipinski definition) is 2. The van der Waals surface area contributed by atoms with E-state index in [0.29, 0.717) is 5.39 Å². The minimum Gasteiger partial charge on any atom is -0.360 e. The zero-order valence-electron chi connectivity index (χ0n) is 12.2. The molecule has 3 aromatic rings. The molecule has 110 valence electrons. The van der Waals surface area contributed by atoms with Crippen molar-refractivity contribution < 1.29 is 4.79 Å². The van der Waals surface area contributed by atoms with Crippen LogP contribution in [0.25, 0.3) is 10.9 Å². The number of hydrogen-bond acceptors (Lipinski definition) is 2. The molecular formula is C18H16N2O2. The van der Waals surface area contributed by atoms with Crippen molar-refractivity contribution in [3.63, 3.8) is 0 Å². The van der Waals surface area contributed by atoms with Gasteiger partial charge in [0.05, 0.1) is 0 Å². The maximum atomic E-state index is 12.4. The second kappa shape index (κ2) is 5.85. The minimum absolute atomic E-state index is 0.115. The van der Waals surface area contributed by atoms with E-state index in [0.717, 1.165) is 23.2 Å². The summed E-state index contributed by atoms with van der Waals surface area (Å²) in [5.74, 6) is -0.395. The van der Waals surface area contributed by atoms with Crippen molar-refractivity contribution in [1.82, 2.24) is 4.98 Å². The quantitative estimate of drug-likeness (QED) is 0.777. The first kappa shape index (κ1) is 14.1. The lowest BCUT2D eigenvalue weighted by atomic mass is 10.1. The number of H-pyrrole nitrogens is 1. The first-order chi connectivity index (χ1) is 10.7. The van der Waals surface area contributed by atoms with E-state index in [2.05, 4.69) is 10.3 Å². The summed E-state index contributed by atoms with van der Waals surface area (Å²) in [7, 11) is 0. The van der Waals surface area contributed by atoms with Crippen LogP contribution in [0.3, 0.4) is 0 Å². The molecular weight excluding hydrogens is 276 g/mol. The normalized spacial score (nSPS) is 10.6. The van der Waals surface area contributed by atoms with Crippen LogP contribution in [0.5, 0.6) is 0 Å². The number of fused-ring (bicyclic) bond motifs is 1. The smallest absolute Gasteiger partial charge is 0.261 e. The van der Waals surface area contributed by atoms with Gasteiger partial charge in [-0.15, -0.1) is 0 Å². The molecule has 4 heteroatoms. The largest absolute Gasteiger partial charge is 0.360 e. The number of aryl methyl sites for hydroxylation is 1. The second-order valence-corrected chi connectivity index (χ2v) is 5.04. The van der Waals surface area contributed by atoms with Crippen molar-refractivity contribution in [2.45, 2.75) is 13.3 Å². The predicted molar refractivity (Wildman–Crippen MR) is 88.3 cm³/mol. The van der Waals surface area contributed by atoms with Crippen LogP contribution in [0.15, 0.2) is 59.5 Å². The third-order valence-electron chi connectivity index (χ3n) is 3.68. The van der Waals surface area contributed by atoms with Crippen LogP contribution in [0.1, 0.15) is 22.8 Å². The molecule has 2 aromatic carbocycles. The van der Waals surface area contributed by atoms with E-state index in [1.54, 1.807) is 12.1 Å². The Labute approximate surface area is 127 Å². The average Bonchev–Trinajstić information content (AvgIpc) is 2.56. The Morgan fingerprint density at radius 1 is 1.09 bits per heavy atom. The second-order valence-electron chi connectivity index (χ2n) is 5.04. The number of benzene rings is 2. The minimum atomic E-state index is -0.395. The highest BCUT2D eigenvalue weighted by atomic mass is 16.2. The van der Waals surface area contributed by atoms with E-state index in [1.165, 1.54) is 6.20 Å². The highest BCUT2D eigenvalue weighted by molar-refractivity contribution is 6.06. The molecule has 0 radical (unpaired) electrons. The molecule has 1 aromatic heterocycles. The van der Waals surface area contributed by atoms with Crippen LogP contribution in [-0.2, 0) is 6.42 Å². The number of aromatic amines is 1. The van der Waals surface area contributed by atoms with Crippen molar-refractivity contribution in [1.29, 1.82) is 0 Å². The van der Waals surface area contributed by atoms with E-state index in [-0.39, 0.29) is 11.0 Å². The van der Waals surface area contributed by atoms with Crippen LogP contribution in [0.2, 0.25) is 0 Å². The standard InChI is InChI=1S/C18H16N2O2/c1-2-12-7-3-5-9-15(12)20-18(22)14-11-19-16-10-6-4-8-13(16)17(14)21/h3-11H,2H2,1H3,(H,19,21)(H,20,22). The third-order valence-corrected chi connectivity index (χ3v) is 3.68. The third kappa shape index (κ3) is 2.51. The molecule has 4 nitrogen and oxygen atoms in total. The molecule has 0 aliphatic rings. The van der Waals surface area contributed by atoms with Crippen molar-refractivity contribution in [2.24, 2.45) is 0 Å². The number of amides is 1. The number of anilines is 1. The summed E-state index contributed by atoms with van der Waals surface area (Å²) in [5.41, 5.74) is 2.35. The molecule has 0 saturated carbocycles. The first-order valence-electron chi connectivity index (χ1n) is 7.20. The van der Waals surface area contributed by atoms with E-state index in [4.69, 9.17) is 0 Å². The van der Waals surface area contributed by atoms with Crippen molar-refractivity contribution in [3.05, 3.63) is 76.1 Å². The molecule has 0 fully saturated rings. The molecule has 2 N–H and O–H groups in total. The van der Waals surface area contributed by atoms with Gasteiger partial charge in [0, 0.05) is 22.8 Å². The molecule has 3 rings (SSSR count). The number of para-hydroxylation sites is 2. The van der Waals surface area contributed by atoms with E-state index >= 15 is 0 Å². The van der Waals surface area contributed by atoms with Gasteiger partial charge in [0.1, 0.15) is 5.56 Å². The van der Waals surface area contributed by atoms with Gasteiger partial charge in [0.25, 0.3) is 5.91 Å². The Kier molecular flexibility index (Phi) is 3.74. The number of nitrogens with one attached hydrogen (secondary N) is 2. The lowest BCUT2D eigenvalue weighted by Crippen LogP contribution is -2.22. The molecule has 0 bridgehead atoms. The van der Waals surface area contributed by atoms with Crippen LogP contribution in [0.4, 0.5) is 5.69 Å². The van der Waals surface area contributed by atoms with Crippen molar-refractivity contribution >= 4 is 22.5 Å². The number of carbonyl (C=O) groups excluding carboxylic acids is 1. The molecule has 22 heavy (non-hydrogen) atoms. The van der Waals surface area contributed by atoms with Gasteiger partial charge >= 0.3 is 0 Å². The maximum Gasteiger partial charge on any atom is 0.261 e. The molecule has 0 spiro atoms. The molecule has 1 amide bonds. The number of carbonyl (C=O) groups is 1. The SMILES string of the molecule is CCc1ccccc1NC(=O)c1c[nH]c2ccccc2c1=O. The van der Waals surface area contributed by atoms with Crippen LogP contribution in [-0.4, -0.2) is 10.9 Å². The number of pyridine rings is 1. The molecule has 0 saturated heterocycles. The van der Waals surface area contributed by atoms with Crippen molar-refractivity contribution in [3.8, 4) is 0 Å². The Balaban J connectivity index is 1.99. The highest BCUT2D eigenvalue weighted by Crippen LogP contribution is 2.16. The topological polar surface area (TPSA) is 62.0 Å². The van der Waals surface area contributed by atoms with Gasteiger partial charge in [0.15, 0.2) is 0 Å². The molecule has 0 aliphatic carbocycles. The maximum absolute atomic E-state index is 12.4. The van der Waals surface area contributed by atoms with Crippen LogP contribution >= 0.6 is 0 Å². The van der Waals surface area contributed by atoms with Crippen LogP contribution < -0.4 is 10.7 Å². The Morgan fingerprint density at radius 3 is 2.64 bits per heavy atom. The lowest BCUT2D eigenvalue weighted by molar-refractivity contribution is 0.102.